The van der Waals surface area contributed by atoms with E-state index in [-0.39, 0.29) is 5.91 Å². The van der Waals surface area contributed by atoms with Crippen LogP contribution in [0.25, 0.3) is 0 Å². The maximum absolute atomic E-state index is 12.0. The van der Waals surface area contributed by atoms with Gasteiger partial charge in [-0.05, 0) is 43.7 Å². The van der Waals surface area contributed by atoms with Crippen molar-refractivity contribution in [3.05, 3.63) is 53.5 Å². The second kappa shape index (κ2) is 6.62. The van der Waals surface area contributed by atoms with Crippen molar-refractivity contribution < 1.29 is 9.21 Å². The molecule has 0 fully saturated rings. The summed E-state index contributed by atoms with van der Waals surface area (Å²) in [7, 11) is 0. The zero-order chi connectivity index (χ0) is 15.2. The van der Waals surface area contributed by atoms with Gasteiger partial charge < -0.3 is 15.1 Å². The number of nitriles is 1. The number of carbonyl (C=O) groups is 1. The number of aryl methyl sites for hydroxylation is 1. The highest BCUT2D eigenvalue weighted by molar-refractivity contribution is 5.84. The molecule has 0 saturated heterocycles. The number of nitrogens with zero attached hydrogens (tertiary/aromatic N) is 1. The van der Waals surface area contributed by atoms with Gasteiger partial charge in [-0.2, -0.15) is 5.26 Å². The first kappa shape index (κ1) is 14.7. The summed E-state index contributed by atoms with van der Waals surface area (Å²) < 4.78 is 5.16. The molecule has 0 radical (unpaired) electrons. The fourth-order valence-electron chi connectivity index (χ4n) is 1.89. The average Bonchev–Trinajstić information content (AvgIpc) is 3.00. The number of furan rings is 1. The molecule has 5 heteroatoms. The molecule has 0 spiro atoms. The van der Waals surface area contributed by atoms with Gasteiger partial charge in [0, 0.05) is 5.69 Å². The molecular formula is C16H17N3O2. The van der Waals surface area contributed by atoms with Crippen LogP contribution >= 0.6 is 0 Å². The monoisotopic (exact) mass is 283 g/mol. The molecular weight excluding hydrogens is 266 g/mol. The van der Waals surface area contributed by atoms with Gasteiger partial charge in [0.15, 0.2) is 0 Å². The predicted octanol–water partition coefficient (Wildman–Crippen LogP) is 2.58. The lowest BCUT2D eigenvalue weighted by Gasteiger charge is -2.16. The largest absolute Gasteiger partial charge is 0.467 e. The number of hydrogen-bond donors (Lipinski definition) is 2. The molecule has 0 aliphatic rings. The van der Waals surface area contributed by atoms with Crippen LogP contribution in [0.15, 0.2) is 41.0 Å². The highest BCUT2D eigenvalue weighted by Gasteiger charge is 2.14. The molecule has 1 heterocycles. The van der Waals surface area contributed by atoms with Gasteiger partial charge >= 0.3 is 0 Å². The Balaban J connectivity index is 1.95. The Labute approximate surface area is 123 Å². The summed E-state index contributed by atoms with van der Waals surface area (Å²) in [5, 5.41) is 14.8. The van der Waals surface area contributed by atoms with Crippen molar-refractivity contribution in [2.45, 2.75) is 26.4 Å². The summed E-state index contributed by atoms with van der Waals surface area (Å²) in [5.41, 5.74) is 2.33. The molecule has 1 aromatic heterocycles. The summed E-state index contributed by atoms with van der Waals surface area (Å²) in [6, 6.07) is 10.6. The van der Waals surface area contributed by atoms with E-state index in [9.17, 15) is 4.79 Å². The highest BCUT2D eigenvalue weighted by Crippen LogP contribution is 2.17. The second-order valence-electron chi connectivity index (χ2n) is 4.80. The van der Waals surface area contributed by atoms with Gasteiger partial charge in [0.05, 0.1) is 24.4 Å². The van der Waals surface area contributed by atoms with Gasteiger partial charge in [-0.1, -0.05) is 6.07 Å². The van der Waals surface area contributed by atoms with Crippen molar-refractivity contribution >= 4 is 11.6 Å². The van der Waals surface area contributed by atoms with Crippen LogP contribution in [0, 0.1) is 18.3 Å². The number of benzene rings is 1. The molecule has 0 bridgehead atoms. The Bertz CT molecular complexity index is 657. The quantitative estimate of drug-likeness (QED) is 0.884. The molecule has 1 aromatic carbocycles. The van der Waals surface area contributed by atoms with E-state index in [4.69, 9.17) is 9.68 Å². The zero-order valence-electron chi connectivity index (χ0n) is 12.0. The third-order valence-corrected chi connectivity index (χ3v) is 3.15. The Morgan fingerprint density at radius 2 is 2.24 bits per heavy atom. The van der Waals surface area contributed by atoms with E-state index in [0.717, 1.165) is 11.3 Å². The smallest absolute Gasteiger partial charge is 0.242 e. The van der Waals surface area contributed by atoms with Crippen LogP contribution in [-0.4, -0.2) is 11.9 Å². The maximum atomic E-state index is 12.0. The number of carbonyl (C=O) groups excluding carboxylic acids is 1. The topological polar surface area (TPSA) is 78.1 Å². The molecule has 0 aliphatic carbocycles. The lowest BCUT2D eigenvalue weighted by atomic mass is 10.1. The Morgan fingerprint density at radius 1 is 1.43 bits per heavy atom. The molecule has 1 amide bonds. The molecule has 1 atom stereocenters. The molecule has 1 unspecified atom stereocenters. The van der Waals surface area contributed by atoms with Crippen LogP contribution in [0.3, 0.4) is 0 Å². The molecule has 2 aromatic rings. The highest BCUT2D eigenvalue weighted by atomic mass is 16.3. The van der Waals surface area contributed by atoms with Gasteiger partial charge in [0.25, 0.3) is 0 Å². The van der Waals surface area contributed by atoms with E-state index in [0.29, 0.717) is 17.9 Å². The van der Waals surface area contributed by atoms with Crippen molar-refractivity contribution in [1.82, 2.24) is 5.32 Å². The van der Waals surface area contributed by atoms with E-state index < -0.39 is 6.04 Å². The van der Waals surface area contributed by atoms with E-state index in [1.807, 2.05) is 13.0 Å². The lowest BCUT2D eigenvalue weighted by Crippen LogP contribution is -2.37. The Morgan fingerprint density at radius 3 is 2.90 bits per heavy atom. The first-order valence-electron chi connectivity index (χ1n) is 6.67. The third kappa shape index (κ3) is 3.86. The van der Waals surface area contributed by atoms with Gasteiger partial charge in [0.1, 0.15) is 11.8 Å². The van der Waals surface area contributed by atoms with Gasteiger partial charge in [-0.3, -0.25) is 4.79 Å². The molecule has 5 nitrogen and oxygen atoms in total. The van der Waals surface area contributed by atoms with Crippen LogP contribution < -0.4 is 10.6 Å². The summed E-state index contributed by atoms with van der Waals surface area (Å²) >= 11 is 0. The molecule has 0 saturated carbocycles. The van der Waals surface area contributed by atoms with Gasteiger partial charge in [-0.15, -0.1) is 0 Å². The minimum Gasteiger partial charge on any atom is -0.467 e. The summed E-state index contributed by atoms with van der Waals surface area (Å²) in [5.74, 6) is 0.575. The van der Waals surface area contributed by atoms with Gasteiger partial charge in [-0.25, -0.2) is 0 Å². The third-order valence-electron chi connectivity index (χ3n) is 3.15. The first-order valence-corrected chi connectivity index (χ1v) is 6.67. The standard InChI is InChI=1S/C16H17N3O2/c1-11-5-6-13(9-17)8-15(11)19-12(2)16(20)18-10-14-4-3-7-21-14/h3-8,12,19H,10H2,1-2H3,(H,18,20). The van der Waals surface area contributed by atoms with E-state index >= 15 is 0 Å². The minimum absolute atomic E-state index is 0.131. The van der Waals surface area contributed by atoms with Crippen molar-refractivity contribution in [3.63, 3.8) is 0 Å². The zero-order valence-corrected chi connectivity index (χ0v) is 12.0. The fraction of sp³-hybridized carbons (Fsp3) is 0.250. The number of rotatable bonds is 5. The van der Waals surface area contributed by atoms with Gasteiger partial charge in [0.2, 0.25) is 5.91 Å². The van der Waals surface area contributed by atoms with Crippen molar-refractivity contribution in [1.29, 1.82) is 5.26 Å². The molecule has 0 aliphatic heterocycles. The Hall–Kier alpha value is -2.74. The molecule has 2 N–H and O–H groups in total. The second-order valence-corrected chi connectivity index (χ2v) is 4.80. The number of hydrogen-bond acceptors (Lipinski definition) is 4. The lowest BCUT2D eigenvalue weighted by molar-refractivity contribution is -0.121. The number of nitrogens with one attached hydrogen (secondary N) is 2. The van der Waals surface area contributed by atoms with E-state index in [2.05, 4.69) is 16.7 Å². The minimum atomic E-state index is -0.410. The SMILES string of the molecule is Cc1ccc(C#N)cc1NC(C)C(=O)NCc1ccco1. The van der Waals surface area contributed by atoms with Crippen molar-refractivity contribution in [2.24, 2.45) is 0 Å². The maximum Gasteiger partial charge on any atom is 0.242 e. The van der Waals surface area contributed by atoms with Crippen LogP contribution in [0.1, 0.15) is 23.8 Å². The van der Waals surface area contributed by atoms with E-state index in [1.165, 1.54) is 0 Å². The first-order chi connectivity index (χ1) is 10.1. The average molecular weight is 283 g/mol. The van der Waals surface area contributed by atoms with Crippen LogP contribution in [0.2, 0.25) is 0 Å². The molecule has 2 rings (SSSR count). The summed E-state index contributed by atoms with van der Waals surface area (Å²) in [4.78, 5) is 12.0. The summed E-state index contributed by atoms with van der Waals surface area (Å²) in [6.07, 6.45) is 1.57. The van der Waals surface area contributed by atoms with E-state index in [1.54, 1.807) is 37.5 Å². The predicted molar refractivity (Wildman–Crippen MR) is 79.5 cm³/mol. The Kier molecular flexibility index (Phi) is 4.62. The van der Waals surface area contributed by atoms with Crippen LogP contribution in [-0.2, 0) is 11.3 Å². The molecule has 21 heavy (non-hydrogen) atoms. The normalized spacial score (nSPS) is 11.5. The van der Waals surface area contributed by atoms with Crippen molar-refractivity contribution in [2.75, 3.05) is 5.32 Å². The van der Waals surface area contributed by atoms with Crippen molar-refractivity contribution in [3.8, 4) is 6.07 Å². The number of amides is 1. The molecule has 108 valence electrons. The summed E-state index contributed by atoms with van der Waals surface area (Å²) in [6.45, 7) is 4.06. The van der Waals surface area contributed by atoms with Crippen LogP contribution in [0.4, 0.5) is 5.69 Å². The number of anilines is 1. The van der Waals surface area contributed by atoms with Crippen LogP contribution in [0.5, 0.6) is 0 Å². The fourth-order valence-corrected chi connectivity index (χ4v) is 1.89.